The van der Waals surface area contributed by atoms with Gasteiger partial charge in [-0.25, -0.2) is 0 Å². The summed E-state index contributed by atoms with van der Waals surface area (Å²) in [6.07, 6.45) is 4.02. The molecule has 0 bridgehead atoms. The molecule has 13 heavy (non-hydrogen) atoms. The normalized spacial score (nSPS) is 20.8. The van der Waals surface area contributed by atoms with Crippen molar-refractivity contribution in [3.63, 3.8) is 0 Å². The van der Waals surface area contributed by atoms with Gasteiger partial charge in [-0.05, 0) is 23.6 Å². The van der Waals surface area contributed by atoms with Crippen molar-refractivity contribution in [1.82, 2.24) is 10.3 Å². The summed E-state index contributed by atoms with van der Waals surface area (Å²) in [5.41, 5.74) is 2.18. The Morgan fingerprint density at radius 2 is 2.46 bits per heavy atom. The lowest BCUT2D eigenvalue weighted by molar-refractivity contribution is -0.139. The minimum absolute atomic E-state index is 0.449. The molecule has 0 aliphatic carbocycles. The van der Waals surface area contributed by atoms with E-state index in [2.05, 4.69) is 10.3 Å². The zero-order valence-corrected chi connectivity index (χ0v) is 7.03. The predicted octanol–water partition coefficient (Wildman–Crippen LogP) is 0.180. The quantitative estimate of drug-likeness (QED) is 0.644. The lowest BCUT2D eigenvalue weighted by Crippen LogP contribution is -2.41. The Hall–Kier alpha value is -1.42. The standard InChI is InChI=1S/C9H10N2O2/c12-9(13)8-3-6-1-2-10-4-7(6)5-11-8/h1-2,4,8,11H,3,5H2,(H,12,13)/t8-/m1/s1. The zero-order valence-electron chi connectivity index (χ0n) is 7.03. The van der Waals surface area contributed by atoms with Crippen molar-refractivity contribution in [3.8, 4) is 0 Å². The van der Waals surface area contributed by atoms with Gasteiger partial charge in [0.25, 0.3) is 0 Å². The van der Waals surface area contributed by atoms with Crippen LogP contribution in [-0.4, -0.2) is 22.1 Å². The second-order valence-corrected chi connectivity index (χ2v) is 3.12. The second kappa shape index (κ2) is 3.14. The topological polar surface area (TPSA) is 62.2 Å². The first-order chi connectivity index (χ1) is 6.27. The first-order valence-corrected chi connectivity index (χ1v) is 4.15. The molecule has 4 heteroatoms. The Labute approximate surface area is 75.6 Å². The molecule has 1 atom stereocenters. The van der Waals surface area contributed by atoms with Crippen LogP contribution < -0.4 is 5.32 Å². The van der Waals surface area contributed by atoms with E-state index in [4.69, 9.17) is 5.11 Å². The van der Waals surface area contributed by atoms with E-state index in [1.165, 1.54) is 0 Å². The smallest absolute Gasteiger partial charge is 0.321 e. The van der Waals surface area contributed by atoms with Gasteiger partial charge in [-0.15, -0.1) is 0 Å². The number of fused-ring (bicyclic) bond motifs is 1. The molecule has 2 heterocycles. The number of hydrogen-bond acceptors (Lipinski definition) is 3. The molecule has 0 unspecified atom stereocenters. The first-order valence-electron chi connectivity index (χ1n) is 4.15. The summed E-state index contributed by atoms with van der Waals surface area (Å²) >= 11 is 0. The monoisotopic (exact) mass is 178 g/mol. The number of nitrogens with zero attached hydrogens (tertiary/aromatic N) is 1. The van der Waals surface area contributed by atoms with Crippen LogP contribution in [0.3, 0.4) is 0 Å². The molecule has 0 radical (unpaired) electrons. The van der Waals surface area contributed by atoms with Crippen LogP contribution in [0.15, 0.2) is 18.5 Å². The van der Waals surface area contributed by atoms with Gasteiger partial charge in [-0.1, -0.05) is 0 Å². The first kappa shape index (κ1) is 8.19. The number of pyridine rings is 1. The SMILES string of the molecule is O=C(O)[C@H]1Cc2ccncc2CN1. The lowest BCUT2D eigenvalue weighted by atomic mass is 9.98. The molecule has 2 rings (SSSR count). The molecule has 4 nitrogen and oxygen atoms in total. The number of carbonyl (C=O) groups is 1. The van der Waals surface area contributed by atoms with Gasteiger partial charge in [0.15, 0.2) is 0 Å². The highest BCUT2D eigenvalue weighted by atomic mass is 16.4. The molecule has 0 saturated heterocycles. The summed E-state index contributed by atoms with van der Waals surface area (Å²) in [5, 5.41) is 11.7. The Morgan fingerprint density at radius 1 is 1.62 bits per heavy atom. The average molecular weight is 178 g/mol. The number of carboxylic acid groups (broad SMARTS) is 1. The van der Waals surface area contributed by atoms with E-state index in [1.54, 1.807) is 12.4 Å². The molecule has 0 amide bonds. The van der Waals surface area contributed by atoms with E-state index in [9.17, 15) is 4.79 Å². The highest BCUT2D eigenvalue weighted by molar-refractivity contribution is 5.74. The van der Waals surface area contributed by atoms with Gasteiger partial charge in [0.1, 0.15) is 6.04 Å². The maximum atomic E-state index is 10.7. The van der Waals surface area contributed by atoms with E-state index in [-0.39, 0.29) is 0 Å². The summed E-state index contributed by atoms with van der Waals surface area (Å²) in [7, 11) is 0. The van der Waals surface area contributed by atoms with Gasteiger partial charge < -0.3 is 5.11 Å². The highest BCUT2D eigenvalue weighted by Crippen LogP contribution is 2.14. The zero-order chi connectivity index (χ0) is 9.26. The van der Waals surface area contributed by atoms with Crippen molar-refractivity contribution in [1.29, 1.82) is 0 Å². The summed E-state index contributed by atoms with van der Waals surface area (Å²) in [6.45, 7) is 0.597. The van der Waals surface area contributed by atoms with E-state index in [0.29, 0.717) is 13.0 Å². The Morgan fingerprint density at radius 3 is 3.23 bits per heavy atom. The summed E-state index contributed by atoms with van der Waals surface area (Å²) < 4.78 is 0. The fourth-order valence-electron chi connectivity index (χ4n) is 1.51. The van der Waals surface area contributed by atoms with E-state index in [1.807, 2.05) is 6.07 Å². The minimum atomic E-state index is -0.789. The third-order valence-electron chi connectivity index (χ3n) is 2.27. The summed E-state index contributed by atoms with van der Waals surface area (Å²) in [6, 6.07) is 1.43. The fourth-order valence-corrected chi connectivity index (χ4v) is 1.51. The van der Waals surface area contributed by atoms with Crippen LogP contribution in [0.5, 0.6) is 0 Å². The third kappa shape index (κ3) is 1.53. The van der Waals surface area contributed by atoms with Crippen LogP contribution >= 0.6 is 0 Å². The van der Waals surface area contributed by atoms with Crippen molar-refractivity contribution < 1.29 is 9.90 Å². The van der Waals surface area contributed by atoms with Crippen LogP contribution in [0.1, 0.15) is 11.1 Å². The molecule has 0 aromatic carbocycles. The van der Waals surface area contributed by atoms with Crippen molar-refractivity contribution in [2.24, 2.45) is 0 Å². The van der Waals surface area contributed by atoms with Crippen LogP contribution in [0.25, 0.3) is 0 Å². The molecule has 0 spiro atoms. The third-order valence-corrected chi connectivity index (χ3v) is 2.27. The van der Waals surface area contributed by atoms with Gasteiger partial charge in [-0.3, -0.25) is 15.1 Å². The second-order valence-electron chi connectivity index (χ2n) is 3.12. The Balaban J connectivity index is 2.24. The number of hydrogen-bond donors (Lipinski definition) is 2. The van der Waals surface area contributed by atoms with Crippen LogP contribution in [0, 0.1) is 0 Å². The van der Waals surface area contributed by atoms with Crippen molar-refractivity contribution >= 4 is 5.97 Å². The van der Waals surface area contributed by atoms with Gasteiger partial charge in [0.2, 0.25) is 0 Å². The van der Waals surface area contributed by atoms with Crippen LogP contribution in [0.4, 0.5) is 0 Å². The summed E-state index contributed by atoms with van der Waals surface area (Å²) in [5.74, 6) is -0.789. The molecule has 1 aliphatic heterocycles. The Kier molecular flexibility index (Phi) is 1.98. The van der Waals surface area contributed by atoms with Gasteiger partial charge in [-0.2, -0.15) is 0 Å². The fraction of sp³-hybridized carbons (Fsp3) is 0.333. The largest absolute Gasteiger partial charge is 0.480 e. The Bertz CT molecular complexity index is 338. The van der Waals surface area contributed by atoms with E-state index in [0.717, 1.165) is 11.1 Å². The van der Waals surface area contributed by atoms with Crippen LogP contribution in [0.2, 0.25) is 0 Å². The highest BCUT2D eigenvalue weighted by Gasteiger charge is 2.22. The molecule has 0 fully saturated rings. The molecular weight excluding hydrogens is 168 g/mol. The molecule has 0 saturated carbocycles. The molecule has 68 valence electrons. The average Bonchev–Trinajstić information content (AvgIpc) is 2.17. The maximum Gasteiger partial charge on any atom is 0.321 e. The van der Waals surface area contributed by atoms with Gasteiger partial charge >= 0.3 is 5.97 Å². The number of rotatable bonds is 1. The molecule has 1 aromatic heterocycles. The van der Waals surface area contributed by atoms with Gasteiger partial charge in [0, 0.05) is 18.9 Å². The van der Waals surface area contributed by atoms with E-state index < -0.39 is 12.0 Å². The molecule has 1 aliphatic rings. The molecular formula is C9H10N2O2. The number of aromatic nitrogens is 1. The summed E-state index contributed by atoms with van der Waals surface area (Å²) in [4.78, 5) is 14.7. The number of carboxylic acids is 1. The number of nitrogens with one attached hydrogen (secondary N) is 1. The maximum absolute atomic E-state index is 10.7. The molecule has 1 aromatic rings. The van der Waals surface area contributed by atoms with Crippen LogP contribution in [-0.2, 0) is 17.8 Å². The lowest BCUT2D eigenvalue weighted by Gasteiger charge is -2.22. The number of aliphatic carboxylic acids is 1. The van der Waals surface area contributed by atoms with Gasteiger partial charge in [0.05, 0.1) is 0 Å². The van der Waals surface area contributed by atoms with E-state index >= 15 is 0 Å². The van der Waals surface area contributed by atoms with Crippen molar-refractivity contribution in [3.05, 3.63) is 29.6 Å². The van der Waals surface area contributed by atoms with Crippen molar-refractivity contribution in [2.75, 3.05) is 0 Å². The molecule has 2 N–H and O–H groups in total. The predicted molar refractivity (Wildman–Crippen MR) is 46.2 cm³/mol. The van der Waals surface area contributed by atoms with Crippen molar-refractivity contribution in [2.45, 2.75) is 19.0 Å². The minimum Gasteiger partial charge on any atom is -0.480 e.